The van der Waals surface area contributed by atoms with Crippen LogP contribution in [-0.4, -0.2) is 39.8 Å². The number of carbonyl (C=O) groups excluding carboxylic acids is 2. The number of nitrogens with zero attached hydrogens (tertiary/aromatic N) is 3. The molecule has 0 aliphatic carbocycles. The van der Waals surface area contributed by atoms with E-state index in [1.165, 1.54) is 6.33 Å². The number of amides is 2. The highest BCUT2D eigenvalue weighted by atomic mass is 16.2. The first kappa shape index (κ1) is 17.4. The van der Waals surface area contributed by atoms with Crippen LogP contribution in [-0.2, 0) is 11.2 Å². The van der Waals surface area contributed by atoms with Crippen LogP contribution in [0, 0.1) is 11.3 Å². The lowest BCUT2D eigenvalue weighted by Crippen LogP contribution is -2.41. The van der Waals surface area contributed by atoms with E-state index in [0.717, 1.165) is 38.0 Å². The summed E-state index contributed by atoms with van der Waals surface area (Å²) in [6.45, 7) is 7.84. The molecule has 1 fully saturated rings. The molecule has 0 radical (unpaired) electrons. The third-order valence-electron chi connectivity index (χ3n) is 4.03. The van der Waals surface area contributed by atoms with Gasteiger partial charge in [-0.2, -0.15) is 0 Å². The zero-order valence-electron chi connectivity index (χ0n) is 14.2. The average Bonchev–Trinajstić information content (AvgIpc) is 2.46. The predicted octanol–water partition coefficient (Wildman–Crippen LogP) is 1.79. The number of carbonyl (C=O) groups is 2. The van der Waals surface area contributed by atoms with Crippen LogP contribution in [0.5, 0.6) is 0 Å². The van der Waals surface area contributed by atoms with Crippen molar-refractivity contribution in [3.8, 4) is 0 Å². The summed E-state index contributed by atoms with van der Waals surface area (Å²) in [5.74, 6) is 0.0466. The monoisotopic (exact) mass is 318 g/mol. The second kappa shape index (κ2) is 7.06. The molecule has 1 aliphatic heterocycles. The SMILES string of the molecule is CC(C)(C)CC(=O)N1CCC[C@H](Cc2cc(C(N)=O)ncn2)C1. The van der Waals surface area contributed by atoms with Crippen molar-refractivity contribution in [2.75, 3.05) is 13.1 Å². The van der Waals surface area contributed by atoms with E-state index in [-0.39, 0.29) is 17.0 Å². The summed E-state index contributed by atoms with van der Waals surface area (Å²) in [6, 6.07) is 1.65. The van der Waals surface area contributed by atoms with Gasteiger partial charge in [0, 0.05) is 25.2 Å². The third-order valence-corrected chi connectivity index (χ3v) is 4.03. The van der Waals surface area contributed by atoms with E-state index in [2.05, 4.69) is 30.7 Å². The van der Waals surface area contributed by atoms with Gasteiger partial charge in [0.2, 0.25) is 5.91 Å². The van der Waals surface area contributed by atoms with Crippen molar-refractivity contribution in [2.24, 2.45) is 17.1 Å². The van der Waals surface area contributed by atoms with Crippen LogP contribution in [0.4, 0.5) is 0 Å². The first-order valence-electron chi connectivity index (χ1n) is 8.13. The minimum atomic E-state index is -0.542. The molecule has 0 saturated carbocycles. The molecule has 6 nitrogen and oxygen atoms in total. The molecular formula is C17H26N4O2. The van der Waals surface area contributed by atoms with Crippen molar-refractivity contribution in [3.63, 3.8) is 0 Å². The Hall–Kier alpha value is -1.98. The zero-order valence-corrected chi connectivity index (χ0v) is 14.2. The molecule has 1 aromatic rings. The van der Waals surface area contributed by atoms with Crippen LogP contribution < -0.4 is 5.73 Å². The van der Waals surface area contributed by atoms with Crippen molar-refractivity contribution < 1.29 is 9.59 Å². The van der Waals surface area contributed by atoms with Gasteiger partial charge in [0.25, 0.3) is 5.91 Å². The smallest absolute Gasteiger partial charge is 0.267 e. The largest absolute Gasteiger partial charge is 0.364 e. The number of piperidine rings is 1. The van der Waals surface area contributed by atoms with Crippen LogP contribution >= 0.6 is 0 Å². The fraction of sp³-hybridized carbons (Fsp3) is 0.647. The molecule has 23 heavy (non-hydrogen) atoms. The number of likely N-dealkylation sites (tertiary alicyclic amines) is 1. The summed E-state index contributed by atoms with van der Waals surface area (Å²) < 4.78 is 0. The topological polar surface area (TPSA) is 89.2 Å². The van der Waals surface area contributed by atoms with E-state index in [4.69, 9.17) is 5.73 Å². The van der Waals surface area contributed by atoms with Crippen molar-refractivity contribution in [1.29, 1.82) is 0 Å². The zero-order chi connectivity index (χ0) is 17.0. The molecule has 0 unspecified atom stereocenters. The van der Waals surface area contributed by atoms with Crippen LogP contribution in [0.15, 0.2) is 12.4 Å². The van der Waals surface area contributed by atoms with Gasteiger partial charge in [-0.05, 0) is 36.7 Å². The molecule has 1 aromatic heterocycles. The molecule has 0 spiro atoms. The summed E-state index contributed by atoms with van der Waals surface area (Å²) >= 11 is 0. The standard InChI is InChI=1S/C17H26N4O2/c1-17(2,3)9-15(22)21-6-4-5-12(10-21)7-13-8-14(16(18)23)20-11-19-13/h8,11-12H,4-7,9-10H2,1-3H3,(H2,18,23)/t12-/m1/s1. The van der Waals surface area contributed by atoms with E-state index >= 15 is 0 Å². The Kier molecular flexibility index (Phi) is 5.34. The van der Waals surface area contributed by atoms with Gasteiger partial charge in [0.15, 0.2) is 0 Å². The minimum Gasteiger partial charge on any atom is -0.364 e. The maximum absolute atomic E-state index is 12.4. The third kappa shape index (κ3) is 5.30. The Labute approximate surface area is 137 Å². The number of aromatic nitrogens is 2. The van der Waals surface area contributed by atoms with Gasteiger partial charge in [-0.15, -0.1) is 0 Å². The Bertz CT molecular complexity index is 580. The lowest BCUT2D eigenvalue weighted by molar-refractivity contribution is -0.134. The first-order chi connectivity index (χ1) is 10.7. The van der Waals surface area contributed by atoms with Crippen molar-refractivity contribution in [3.05, 3.63) is 23.8 Å². The van der Waals surface area contributed by atoms with Crippen LogP contribution in [0.3, 0.4) is 0 Å². The molecule has 2 N–H and O–H groups in total. The minimum absolute atomic E-state index is 0.00701. The summed E-state index contributed by atoms with van der Waals surface area (Å²) in [5, 5.41) is 0. The van der Waals surface area contributed by atoms with Gasteiger partial charge in [0.05, 0.1) is 0 Å². The van der Waals surface area contributed by atoms with E-state index in [1.807, 2.05) is 4.90 Å². The van der Waals surface area contributed by atoms with Crippen LogP contribution in [0.1, 0.15) is 56.2 Å². The number of primary amides is 1. The second-order valence-electron chi connectivity index (χ2n) is 7.55. The molecule has 1 saturated heterocycles. The van der Waals surface area contributed by atoms with Crippen molar-refractivity contribution in [2.45, 2.75) is 46.5 Å². The molecule has 0 bridgehead atoms. The number of hydrogen-bond donors (Lipinski definition) is 1. The van der Waals surface area contributed by atoms with Crippen LogP contribution in [0.25, 0.3) is 0 Å². The summed E-state index contributed by atoms with van der Waals surface area (Å²) in [7, 11) is 0. The fourth-order valence-corrected chi connectivity index (χ4v) is 2.96. The van der Waals surface area contributed by atoms with E-state index in [9.17, 15) is 9.59 Å². The molecule has 2 heterocycles. The molecule has 2 amide bonds. The van der Waals surface area contributed by atoms with E-state index in [1.54, 1.807) is 6.07 Å². The predicted molar refractivity (Wildman–Crippen MR) is 87.6 cm³/mol. The molecule has 6 heteroatoms. The quantitative estimate of drug-likeness (QED) is 0.916. The fourth-order valence-electron chi connectivity index (χ4n) is 2.96. The number of rotatable bonds is 4. The molecule has 1 atom stereocenters. The highest BCUT2D eigenvalue weighted by molar-refractivity contribution is 5.90. The van der Waals surface area contributed by atoms with Gasteiger partial charge in [-0.1, -0.05) is 20.8 Å². The summed E-state index contributed by atoms with van der Waals surface area (Å²) in [5.41, 5.74) is 6.31. The molecular weight excluding hydrogens is 292 g/mol. The summed E-state index contributed by atoms with van der Waals surface area (Å²) in [6.07, 6.45) is 4.76. The Morgan fingerprint density at radius 2 is 2.09 bits per heavy atom. The lowest BCUT2D eigenvalue weighted by Gasteiger charge is -2.34. The lowest BCUT2D eigenvalue weighted by atomic mass is 9.89. The van der Waals surface area contributed by atoms with Gasteiger partial charge >= 0.3 is 0 Å². The average molecular weight is 318 g/mol. The molecule has 126 valence electrons. The maximum Gasteiger partial charge on any atom is 0.267 e. The Morgan fingerprint density at radius 3 is 2.74 bits per heavy atom. The van der Waals surface area contributed by atoms with E-state index in [0.29, 0.717) is 12.3 Å². The highest BCUT2D eigenvalue weighted by Crippen LogP contribution is 2.24. The van der Waals surface area contributed by atoms with Crippen molar-refractivity contribution >= 4 is 11.8 Å². The van der Waals surface area contributed by atoms with Gasteiger partial charge in [0.1, 0.15) is 12.0 Å². The first-order valence-corrected chi connectivity index (χ1v) is 8.13. The normalized spacial score (nSPS) is 18.7. The van der Waals surface area contributed by atoms with Gasteiger partial charge in [-0.3, -0.25) is 9.59 Å². The number of hydrogen-bond acceptors (Lipinski definition) is 4. The second-order valence-corrected chi connectivity index (χ2v) is 7.55. The maximum atomic E-state index is 12.4. The Morgan fingerprint density at radius 1 is 1.35 bits per heavy atom. The van der Waals surface area contributed by atoms with Gasteiger partial charge in [-0.25, -0.2) is 9.97 Å². The Balaban J connectivity index is 1.97. The molecule has 1 aliphatic rings. The van der Waals surface area contributed by atoms with Gasteiger partial charge < -0.3 is 10.6 Å². The van der Waals surface area contributed by atoms with E-state index < -0.39 is 5.91 Å². The summed E-state index contributed by atoms with van der Waals surface area (Å²) in [4.78, 5) is 33.6. The van der Waals surface area contributed by atoms with Crippen LogP contribution in [0.2, 0.25) is 0 Å². The number of nitrogens with two attached hydrogens (primary N) is 1. The van der Waals surface area contributed by atoms with Crippen molar-refractivity contribution in [1.82, 2.24) is 14.9 Å². The highest BCUT2D eigenvalue weighted by Gasteiger charge is 2.27. The molecule has 2 rings (SSSR count). The molecule has 0 aromatic carbocycles.